The second-order valence-electron chi connectivity index (χ2n) is 4.03. The van der Waals surface area contributed by atoms with Gasteiger partial charge >= 0.3 is 0 Å². The molecular formula is C10H14BrN3OS. The fourth-order valence-electron chi connectivity index (χ4n) is 2.06. The molecule has 1 saturated heterocycles. The molecule has 6 heteroatoms. The van der Waals surface area contributed by atoms with Crippen LogP contribution in [-0.2, 0) is 0 Å². The first-order chi connectivity index (χ1) is 7.81. The molecule has 1 aliphatic heterocycles. The first-order valence-electron chi connectivity index (χ1n) is 5.43. The molecule has 0 aliphatic carbocycles. The Morgan fingerprint density at radius 1 is 1.69 bits per heavy atom. The Morgan fingerprint density at radius 3 is 3.25 bits per heavy atom. The second kappa shape index (κ2) is 5.72. The molecule has 1 aliphatic rings. The molecule has 88 valence electrons. The van der Waals surface area contributed by atoms with Crippen molar-refractivity contribution in [1.82, 2.24) is 14.5 Å². The van der Waals surface area contributed by atoms with Gasteiger partial charge in [-0.3, -0.25) is 4.79 Å². The Balaban J connectivity index is 1.96. The van der Waals surface area contributed by atoms with Crippen LogP contribution in [0.5, 0.6) is 0 Å². The molecule has 1 unspecified atom stereocenters. The number of amides is 1. The minimum absolute atomic E-state index is 0.0352. The summed E-state index contributed by atoms with van der Waals surface area (Å²) in [6, 6.07) is 0. The van der Waals surface area contributed by atoms with E-state index in [1.165, 1.54) is 18.0 Å². The molecule has 1 aromatic heterocycles. The first-order valence-corrected chi connectivity index (χ1v) is 7.39. The van der Waals surface area contributed by atoms with Gasteiger partial charge in [-0.2, -0.15) is 0 Å². The van der Waals surface area contributed by atoms with Crippen LogP contribution in [0.3, 0.4) is 0 Å². The number of hydrogen-bond acceptors (Lipinski definition) is 4. The quantitative estimate of drug-likeness (QED) is 0.804. The van der Waals surface area contributed by atoms with E-state index in [1.54, 1.807) is 5.38 Å². The molecule has 0 bridgehead atoms. The second-order valence-corrected chi connectivity index (χ2v) is 5.43. The van der Waals surface area contributed by atoms with E-state index < -0.39 is 0 Å². The van der Waals surface area contributed by atoms with Crippen LogP contribution in [0.25, 0.3) is 0 Å². The van der Waals surface area contributed by atoms with Gasteiger partial charge in [-0.25, -0.2) is 0 Å². The molecule has 0 N–H and O–H groups in total. The summed E-state index contributed by atoms with van der Waals surface area (Å²) in [5, 5.41) is 6.56. The van der Waals surface area contributed by atoms with Crippen LogP contribution in [-0.4, -0.2) is 38.8 Å². The highest BCUT2D eigenvalue weighted by molar-refractivity contribution is 9.09. The normalized spacial score (nSPS) is 21.1. The summed E-state index contributed by atoms with van der Waals surface area (Å²) in [5.74, 6) is 0.664. The van der Waals surface area contributed by atoms with Gasteiger partial charge in [-0.1, -0.05) is 20.4 Å². The Bertz CT molecular complexity index is 342. The molecule has 4 nitrogen and oxygen atoms in total. The number of carbonyl (C=O) groups is 1. The fourth-order valence-corrected chi connectivity index (χ4v) is 3.14. The number of likely N-dealkylation sites (tertiary alicyclic amines) is 1. The van der Waals surface area contributed by atoms with Crippen LogP contribution in [0.1, 0.15) is 29.8 Å². The molecule has 2 rings (SSSR count). The van der Waals surface area contributed by atoms with Crippen molar-refractivity contribution in [1.29, 1.82) is 0 Å². The van der Waals surface area contributed by atoms with Gasteiger partial charge in [-0.05, 0) is 36.7 Å². The summed E-state index contributed by atoms with van der Waals surface area (Å²) < 4.78 is 3.73. The number of piperidine rings is 1. The zero-order valence-electron chi connectivity index (χ0n) is 8.93. The van der Waals surface area contributed by atoms with Crippen LogP contribution in [0.4, 0.5) is 0 Å². The van der Waals surface area contributed by atoms with Crippen molar-refractivity contribution in [2.45, 2.75) is 19.3 Å². The third-order valence-electron chi connectivity index (χ3n) is 2.90. The van der Waals surface area contributed by atoms with Gasteiger partial charge in [0.1, 0.15) is 0 Å². The van der Waals surface area contributed by atoms with Crippen molar-refractivity contribution in [3.05, 3.63) is 11.1 Å². The maximum Gasteiger partial charge on any atom is 0.275 e. The molecule has 0 saturated carbocycles. The lowest BCUT2D eigenvalue weighted by Crippen LogP contribution is -2.40. The van der Waals surface area contributed by atoms with Crippen molar-refractivity contribution >= 4 is 33.4 Å². The molecule has 16 heavy (non-hydrogen) atoms. The SMILES string of the molecule is O=C(c1csnn1)N1CCCC(CCBr)C1. The van der Waals surface area contributed by atoms with Crippen LogP contribution < -0.4 is 0 Å². The average Bonchev–Trinajstić information content (AvgIpc) is 2.82. The highest BCUT2D eigenvalue weighted by atomic mass is 79.9. The van der Waals surface area contributed by atoms with E-state index in [2.05, 4.69) is 25.5 Å². The number of hydrogen-bond donors (Lipinski definition) is 0. The van der Waals surface area contributed by atoms with Gasteiger partial charge in [0, 0.05) is 23.8 Å². The molecule has 2 heterocycles. The third-order valence-corrected chi connectivity index (χ3v) is 3.87. The monoisotopic (exact) mass is 303 g/mol. The predicted molar refractivity (Wildman–Crippen MR) is 66.9 cm³/mol. The number of carbonyl (C=O) groups excluding carboxylic acids is 1. The van der Waals surface area contributed by atoms with Crippen LogP contribution in [0.15, 0.2) is 5.38 Å². The molecule has 1 fully saturated rings. The maximum absolute atomic E-state index is 12.0. The number of alkyl halides is 1. The summed E-state index contributed by atoms with van der Waals surface area (Å²) in [4.78, 5) is 13.9. The minimum Gasteiger partial charge on any atom is -0.337 e. The minimum atomic E-state index is 0.0352. The Labute approximate surface area is 107 Å². The van der Waals surface area contributed by atoms with E-state index in [9.17, 15) is 4.79 Å². The number of halogens is 1. The zero-order chi connectivity index (χ0) is 11.4. The molecule has 1 aromatic rings. The van der Waals surface area contributed by atoms with E-state index in [1.807, 2.05) is 4.90 Å². The van der Waals surface area contributed by atoms with Crippen molar-refractivity contribution in [2.75, 3.05) is 18.4 Å². The van der Waals surface area contributed by atoms with E-state index >= 15 is 0 Å². The Kier molecular flexibility index (Phi) is 4.29. The zero-order valence-corrected chi connectivity index (χ0v) is 11.3. The van der Waals surface area contributed by atoms with Crippen molar-refractivity contribution in [3.8, 4) is 0 Å². The van der Waals surface area contributed by atoms with E-state index in [0.717, 1.165) is 31.3 Å². The lowest BCUT2D eigenvalue weighted by atomic mass is 9.95. The molecular weight excluding hydrogens is 290 g/mol. The van der Waals surface area contributed by atoms with Crippen molar-refractivity contribution in [2.24, 2.45) is 5.92 Å². The van der Waals surface area contributed by atoms with E-state index in [-0.39, 0.29) is 5.91 Å². The summed E-state index contributed by atoms with van der Waals surface area (Å²) in [7, 11) is 0. The van der Waals surface area contributed by atoms with Gasteiger partial charge in [0.05, 0.1) is 0 Å². The molecule has 0 spiro atoms. The third kappa shape index (κ3) is 2.79. The van der Waals surface area contributed by atoms with Crippen LogP contribution in [0, 0.1) is 5.92 Å². The highest BCUT2D eigenvalue weighted by Gasteiger charge is 2.25. The van der Waals surface area contributed by atoms with E-state index in [4.69, 9.17) is 0 Å². The van der Waals surface area contributed by atoms with Crippen LogP contribution in [0.2, 0.25) is 0 Å². The smallest absolute Gasteiger partial charge is 0.275 e. The standard InChI is InChI=1S/C10H14BrN3OS/c11-4-3-8-2-1-5-14(6-8)10(15)9-7-16-13-12-9/h7-8H,1-6H2. The van der Waals surface area contributed by atoms with Gasteiger partial charge in [0.2, 0.25) is 0 Å². The van der Waals surface area contributed by atoms with Gasteiger partial charge < -0.3 is 4.90 Å². The molecule has 1 amide bonds. The number of rotatable bonds is 3. The van der Waals surface area contributed by atoms with Gasteiger partial charge in [-0.15, -0.1) is 5.10 Å². The summed E-state index contributed by atoms with van der Waals surface area (Å²) in [6.45, 7) is 1.72. The van der Waals surface area contributed by atoms with Crippen LogP contribution >= 0.6 is 27.5 Å². The van der Waals surface area contributed by atoms with Gasteiger partial charge in [0.15, 0.2) is 5.69 Å². The lowest BCUT2D eigenvalue weighted by molar-refractivity contribution is 0.0666. The molecule has 0 radical (unpaired) electrons. The topological polar surface area (TPSA) is 46.1 Å². The summed E-state index contributed by atoms with van der Waals surface area (Å²) in [5.41, 5.74) is 0.490. The Hall–Kier alpha value is -0.490. The van der Waals surface area contributed by atoms with E-state index in [0.29, 0.717) is 11.6 Å². The van der Waals surface area contributed by atoms with Crippen molar-refractivity contribution < 1.29 is 4.79 Å². The molecule has 0 aromatic carbocycles. The molecule has 1 atom stereocenters. The number of aromatic nitrogens is 2. The summed E-state index contributed by atoms with van der Waals surface area (Å²) in [6.07, 6.45) is 3.46. The lowest BCUT2D eigenvalue weighted by Gasteiger charge is -2.32. The van der Waals surface area contributed by atoms with Crippen molar-refractivity contribution in [3.63, 3.8) is 0 Å². The number of nitrogens with zero attached hydrogens (tertiary/aromatic N) is 3. The summed E-state index contributed by atoms with van der Waals surface area (Å²) >= 11 is 4.68. The fraction of sp³-hybridized carbons (Fsp3) is 0.700. The van der Waals surface area contributed by atoms with Gasteiger partial charge in [0.25, 0.3) is 5.91 Å². The maximum atomic E-state index is 12.0. The average molecular weight is 304 g/mol. The largest absolute Gasteiger partial charge is 0.337 e. The first kappa shape index (κ1) is 12.0. The Morgan fingerprint density at radius 2 is 2.56 bits per heavy atom. The highest BCUT2D eigenvalue weighted by Crippen LogP contribution is 2.21. The predicted octanol–water partition coefficient (Wildman–Crippen LogP) is 2.18.